The number of fused-ring (bicyclic) bond motifs is 2. The van der Waals surface area contributed by atoms with E-state index in [2.05, 4.69) is 15.0 Å². The molecule has 0 amide bonds. The number of benzene rings is 2. The maximum atomic E-state index is 17.7. The zero-order valence-electron chi connectivity index (χ0n) is 30.9. The Balaban J connectivity index is 1.31. The highest BCUT2D eigenvalue weighted by Crippen LogP contribution is 2.54. The SMILES string of the molecule is N#Cc1c(N)sc2c(F)ccc(-c3c(C(F)(F)F)c4c5c(nc(OC[C@@]67CCCN6C[C@H](F)C7)nc5c3F)N([C@H](CC3CCOCC3)c3nccnc3N)CCO4)c12. The third kappa shape index (κ3) is 6.36. The molecular formula is C39H37F6N9O3S. The molecule has 4 aliphatic rings. The average Bonchev–Trinajstić information content (AvgIpc) is 3.80. The number of nitrogen functional groups attached to an aromatic ring is 2. The predicted molar refractivity (Wildman–Crippen MR) is 203 cm³/mol. The maximum Gasteiger partial charge on any atom is 0.420 e. The average molecular weight is 826 g/mol. The van der Waals surface area contributed by atoms with Crippen LogP contribution in [0.4, 0.5) is 43.0 Å². The molecule has 4 aliphatic heterocycles. The first-order chi connectivity index (χ1) is 27.9. The van der Waals surface area contributed by atoms with Gasteiger partial charge in [0, 0.05) is 49.5 Å². The molecule has 0 unspecified atom stereocenters. The van der Waals surface area contributed by atoms with Crippen molar-refractivity contribution in [1.82, 2.24) is 24.8 Å². The number of thiophene rings is 1. The lowest BCUT2D eigenvalue weighted by Gasteiger charge is -2.35. The Kier molecular flexibility index (Phi) is 9.63. The monoisotopic (exact) mass is 825 g/mol. The van der Waals surface area contributed by atoms with Crippen LogP contribution < -0.4 is 25.8 Å². The summed E-state index contributed by atoms with van der Waals surface area (Å²) < 4.78 is 112. The predicted octanol–water partition coefficient (Wildman–Crippen LogP) is 7.35. The summed E-state index contributed by atoms with van der Waals surface area (Å²) in [5, 5.41) is 9.21. The lowest BCUT2D eigenvalue weighted by Crippen LogP contribution is -2.43. The number of hydrogen-bond donors (Lipinski definition) is 2. The summed E-state index contributed by atoms with van der Waals surface area (Å²) >= 11 is 0.667. The molecule has 3 saturated heterocycles. The van der Waals surface area contributed by atoms with Crippen LogP contribution in [0.15, 0.2) is 24.5 Å². The standard InChI is InChI=1S/C39H37F6N9O3S/c40-20-15-38(6-1-9-53(38)17-20)18-57-37-51-31-27-32(28(39(43,44)45)26(29(31)42)21-2-3-23(41)33-25(21)22(16-46)35(48)58-33)56-13-10-54(36(27)52-37)24(14-19-4-11-55-12-5-19)30-34(47)50-8-7-49-30/h2-3,7-8,19-20,24H,1,4-6,9-15,17-18,48H2,(H2,47,50)/t20-,24-,38+/m1/s1. The Labute approximate surface area is 331 Å². The number of nitrogens with zero attached hydrogens (tertiary/aromatic N) is 7. The fourth-order valence-corrected chi connectivity index (χ4v) is 10.3. The molecule has 0 spiro atoms. The molecule has 7 heterocycles. The second-order valence-electron chi connectivity index (χ2n) is 15.2. The normalized spacial score (nSPS) is 21.9. The van der Waals surface area contributed by atoms with Crippen molar-refractivity contribution < 1.29 is 40.6 Å². The molecule has 304 valence electrons. The number of rotatable bonds is 8. The molecule has 3 fully saturated rings. The Hall–Kier alpha value is -5.19. The summed E-state index contributed by atoms with van der Waals surface area (Å²) in [6, 6.07) is 2.65. The molecule has 12 nitrogen and oxygen atoms in total. The quantitative estimate of drug-likeness (QED) is 0.150. The zero-order chi connectivity index (χ0) is 40.5. The Bertz CT molecular complexity index is 2470. The second-order valence-corrected chi connectivity index (χ2v) is 16.3. The minimum Gasteiger partial charge on any atom is -0.490 e. The number of ether oxygens (including phenoxy) is 3. The van der Waals surface area contributed by atoms with Crippen LogP contribution >= 0.6 is 11.3 Å². The van der Waals surface area contributed by atoms with Gasteiger partial charge in [-0.15, -0.1) is 11.3 Å². The van der Waals surface area contributed by atoms with Crippen LogP contribution in [-0.4, -0.2) is 82.6 Å². The van der Waals surface area contributed by atoms with Gasteiger partial charge in [-0.25, -0.2) is 18.2 Å². The molecule has 3 atom stereocenters. The van der Waals surface area contributed by atoms with Gasteiger partial charge in [-0.3, -0.25) is 9.88 Å². The van der Waals surface area contributed by atoms with E-state index in [1.165, 1.54) is 12.4 Å². The van der Waals surface area contributed by atoms with Gasteiger partial charge in [0.25, 0.3) is 0 Å². The highest BCUT2D eigenvalue weighted by Gasteiger charge is 2.50. The van der Waals surface area contributed by atoms with Gasteiger partial charge >= 0.3 is 12.2 Å². The van der Waals surface area contributed by atoms with E-state index in [0.717, 1.165) is 18.6 Å². The van der Waals surface area contributed by atoms with Crippen LogP contribution in [0.25, 0.3) is 32.1 Å². The van der Waals surface area contributed by atoms with Gasteiger partial charge in [-0.2, -0.15) is 28.4 Å². The van der Waals surface area contributed by atoms with Gasteiger partial charge in [0.15, 0.2) is 5.82 Å². The van der Waals surface area contributed by atoms with Crippen LogP contribution in [0.3, 0.4) is 0 Å². The molecular weight excluding hydrogens is 789 g/mol. The summed E-state index contributed by atoms with van der Waals surface area (Å²) in [7, 11) is 0. The number of nitrogens with two attached hydrogens (primary N) is 2. The number of alkyl halides is 4. The number of hydrogen-bond acceptors (Lipinski definition) is 13. The van der Waals surface area contributed by atoms with Crippen molar-refractivity contribution in [1.29, 1.82) is 5.26 Å². The van der Waals surface area contributed by atoms with Crippen LogP contribution in [-0.2, 0) is 10.9 Å². The van der Waals surface area contributed by atoms with E-state index in [1.807, 2.05) is 11.0 Å². The van der Waals surface area contributed by atoms with Crippen LogP contribution in [0, 0.1) is 28.9 Å². The molecule has 9 rings (SSSR count). The zero-order valence-corrected chi connectivity index (χ0v) is 31.7. The smallest absolute Gasteiger partial charge is 0.420 e. The van der Waals surface area contributed by atoms with Crippen LogP contribution in [0.1, 0.15) is 61.4 Å². The lowest BCUT2D eigenvalue weighted by molar-refractivity contribution is -0.138. The molecule has 2 aromatic carbocycles. The maximum absolute atomic E-state index is 17.7. The second kappa shape index (κ2) is 14.6. The molecule has 4 N–H and O–H groups in total. The molecule has 0 radical (unpaired) electrons. The van der Waals surface area contributed by atoms with E-state index >= 15 is 22.0 Å². The van der Waals surface area contributed by atoms with Crippen LogP contribution in [0.2, 0.25) is 0 Å². The third-order valence-corrected chi connectivity index (χ3v) is 12.9. The van der Waals surface area contributed by atoms with Crippen molar-refractivity contribution in [2.24, 2.45) is 5.92 Å². The van der Waals surface area contributed by atoms with E-state index in [4.69, 9.17) is 30.7 Å². The van der Waals surface area contributed by atoms with Crippen molar-refractivity contribution in [3.05, 3.63) is 53.0 Å². The highest BCUT2D eigenvalue weighted by molar-refractivity contribution is 7.23. The molecule has 3 aromatic heterocycles. The first kappa shape index (κ1) is 38.3. The minimum atomic E-state index is -5.26. The fourth-order valence-electron chi connectivity index (χ4n) is 9.32. The van der Waals surface area contributed by atoms with E-state index in [-0.39, 0.29) is 82.3 Å². The van der Waals surface area contributed by atoms with Gasteiger partial charge in [0.05, 0.1) is 33.8 Å². The van der Waals surface area contributed by atoms with Crippen molar-refractivity contribution in [3.8, 4) is 29.0 Å². The van der Waals surface area contributed by atoms with Crippen molar-refractivity contribution in [3.63, 3.8) is 0 Å². The van der Waals surface area contributed by atoms with E-state index in [0.29, 0.717) is 62.5 Å². The van der Waals surface area contributed by atoms with Crippen LogP contribution in [0.5, 0.6) is 11.8 Å². The number of aromatic nitrogens is 4. The van der Waals surface area contributed by atoms with E-state index in [9.17, 15) is 9.65 Å². The van der Waals surface area contributed by atoms with Gasteiger partial charge in [0.2, 0.25) is 0 Å². The molecule has 0 aliphatic carbocycles. The number of halogens is 6. The van der Waals surface area contributed by atoms with Crippen molar-refractivity contribution in [2.45, 2.75) is 62.5 Å². The van der Waals surface area contributed by atoms with Gasteiger partial charge < -0.3 is 30.6 Å². The summed E-state index contributed by atoms with van der Waals surface area (Å²) in [6.07, 6.45) is -0.00362. The summed E-state index contributed by atoms with van der Waals surface area (Å²) in [5.41, 5.74) is 8.34. The molecule has 58 heavy (non-hydrogen) atoms. The molecule has 0 bridgehead atoms. The first-order valence-electron chi connectivity index (χ1n) is 19.0. The Morgan fingerprint density at radius 1 is 1.07 bits per heavy atom. The highest BCUT2D eigenvalue weighted by atomic mass is 32.1. The largest absolute Gasteiger partial charge is 0.490 e. The van der Waals surface area contributed by atoms with Gasteiger partial charge in [-0.05, 0) is 56.2 Å². The lowest BCUT2D eigenvalue weighted by atomic mass is 9.89. The first-order valence-corrected chi connectivity index (χ1v) is 19.8. The Morgan fingerprint density at radius 3 is 2.62 bits per heavy atom. The van der Waals surface area contributed by atoms with Gasteiger partial charge in [0.1, 0.15) is 70.4 Å². The number of nitriles is 1. The minimum absolute atomic E-state index is 0.0555. The summed E-state index contributed by atoms with van der Waals surface area (Å²) in [6.45, 7) is 1.48. The third-order valence-electron chi connectivity index (χ3n) is 11.9. The van der Waals surface area contributed by atoms with Gasteiger partial charge in [-0.1, -0.05) is 6.07 Å². The summed E-state index contributed by atoms with van der Waals surface area (Å²) in [5.74, 6) is -2.98. The molecule has 5 aromatic rings. The Morgan fingerprint density at radius 2 is 1.86 bits per heavy atom. The van der Waals surface area contributed by atoms with Crippen molar-refractivity contribution >= 4 is 49.0 Å². The van der Waals surface area contributed by atoms with E-state index in [1.54, 1.807) is 4.90 Å². The molecule has 0 saturated carbocycles. The van der Waals surface area contributed by atoms with Crippen molar-refractivity contribution in [2.75, 3.05) is 62.4 Å². The molecule has 19 heteroatoms. The fraction of sp³-hybridized carbons (Fsp3) is 0.462. The topological polar surface area (TPSA) is 162 Å². The number of anilines is 3. The van der Waals surface area contributed by atoms with E-state index < -0.39 is 63.5 Å². The summed E-state index contributed by atoms with van der Waals surface area (Å²) in [4.78, 5) is 21.7.